The minimum absolute atomic E-state index is 0.111. The molecule has 0 saturated heterocycles. The van der Waals surface area contributed by atoms with Crippen molar-refractivity contribution in [3.63, 3.8) is 0 Å². The highest BCUT2D eigenvalue weighted by molar-refractivity contribution is 5.84. The van der Waals surface area contributed by atoms with Crippen LogP contribution >= 0.6 is 0 Å². The number of carbonyl (C=O) groups excluding carboxylic acids is 1. The molecule has 1 unspecified atom stereocenters. The Hall–Kier alpha value is -1.71. The average molecular weight is 223 g/mol. The first-order valence-electron chi connectivity index (χ1n) is 5.02. The van der Waals surface area contributed by atoms with E-state index in [1.807, 2.05) is 0 Å². The fourth-order valence-electron chi connectivity index (χ4n) is 1.84. The van der Waals surface area contributed by atoms with Gasteiger partial charge in [-0.3, -0.25) is 4.39 Å². The predicted molar refractivity (Wildman–Crippen MR) is 57.7 cm³/mol. The van der Waals surface area contributed by atoms with Crippen LogP contribution in [0.3, 0.4) is 0 Å². The first kappa shape index (κ1) is 10.8. The van der Waals surface area contributed by atoms with Gasteiger partial charge in [0.25, 0.3) is 0 Å². The molecule has 84 valence electrons. The Morgan fingerprint density at radius 3 is 2.94 bits per heavy atom. The summed E-state index contributed by atoms with van der Waals surface area (Å²) in [5, 5.41) is 0.643. The number of benzene rings is 1. The van der Waals surface area contributed by atoms with Crippen LogP contribution in [-0.4, -0.2) is 17.9 Å². The molecule has 1 aromatic heterocycles. The average Bonchev–Trinajstić information content (AvgIpc) is 2.69. The van der Waals surface area contributed by atoms with E-state index in [0.717, 1.165) is 5.52 Å². The lowest BCUT2D eigenvalue weighted by Crippen LogP contribution is -2.01. The highest BCUT2D eigenvalue weighted by atomic mass is 19.1. The molecule has 1 atom stereocenters. The summed E-state index contributed by atoms with van der Waals surface area (Å²) in [7, 11) is 0. The van der Waals surface area contributed by atoms with Gasteiger partial charge < -0.3 is 9.78 Å². The minimum Gasteiger partial charge on any atom is -0.361 e. The van der Waals surface area contributed by atoms with Crippen LogP contribution in [0, 0.1) is 5.82 Å². The zero-order valence-corrected chi connectivity index (χ0v) is 8.54. The number of H-pyrrole nitrogens is 1. The van der Waals surface area contributed by atoms with Gasteiger partial charge in [0.05, 0.1) is 6.67 Å². The fraction of sp³-hybridized carbons (Fsp3) is 0.250. The van der Waals surface area contributed by atoms with Gasteiger partial charge in [-0.25, -0.2) is 4.39 Å². The van der Waals surface area contributed by atoms with Gasteiger partial charge in [0, 0.05) is 29.4 Å². The third-order valence-corrected chi connectivity index (χ3v) is 2.68. The van der Waals surface area contributed by atoms with Gasteiger partial charge in [0.1, 0.15) is 12.1 Å². The molecule has 2 rings (SSSR count). The van der Waals surface area contributed by atoms with E-state index >= 15 is 0 Å². The molecule has 16 heavy (non-hydrogen) atoms. The first-order valence-corrected chi connectivity index (χ1v) is 5.02. The quantitative estimate of drug-likeness (QED) is 0.794. The maximum absolute atomic E-state index is 13.1. The minimum atomic E-state index is -0.623. The number of nitrogens with one attached hydrogen (secondary N) is 1. The Labute approximate surface area is 91.3 Å². The monoisotopic (exact) mass is 223 g/mol. The number of aromatic amines is 1. The van der Waals surface area contributed by atoms with Crippen molar-refractivity contribution >= 4 is 17.2 Å². The van der Waals surface area contributed by atoms with Crippen molar-refractivity contribution in [2.45, 2.75) is 12.3 Å². The van der Waals surface area contributed by atoms with Crippen LogP contribution in [0.4, 0.5) is 8.78 Å². The van der Waals surface area contributed by atoms with Gasteiger partial charge in [-0.1, -0.05) is 0 Å². The Morgan fingerprint density at radius 2 is 2.25 bits per heavy atom. The number of aldehydes is 1. The molecule has 0 aliphatic rings. The van der Waals surface area contributed by atoms with Crippen LogP contribution in [0.5, 0.6) is 0 Å². The van der Waals surface area contributed by atoms with Crippen molar-refractivity contribution < 1.29 is 13.6 Å². The number of hydrogen-bond donors (Lipinski definition) is 1. The van der Waals surface area contributed by atoms with E-state index in [4.69, 9.17) is 0 Å². The van der Waals surface area contributed by atoms with E-state index in [1.54, 1.807) is 12.3 Å². The Morgan fingerprint density at radius 1 is 1.44 bits per heavy atom. The number of aromatic nitrogens is 1. The third-order valence-electron chi connectivity index (χ3n) is 2.68. The lowest BCUT2D eigenvalue weighted by Gasteiger charge is -2.08. The molecular weight excluding hydrogens is 212 g/mol. The summed E-state index contributed by atoms with van der Waals surface area (Å²) in [5.41, 5.74) is 1.41. The molecule has 0 fully saturated rings. The summed E-state index contributed by atoms with van der Waals surface area (Å²) in [5.74, 6) is -0.856. The van der Waals surface area contributed by atoms with E-state index in [1.165, 1.54) is 12.1 Å². The lowest BCUT2D eigenvalue weighted by atomic mass is 9.97. The van der Waals surface area contributed by atoms with Crippen LogP contribution < -0.4 is 0 Å². The molecule has 1 N–H and O–H groups in total. The molecule has 1 heterocycles. The summed E-state index contributed by atoms with van der Waals surface area (Å²) in [6.45, 7) is -0.623. The Kier molecular flexibility index (Phi) is 2.99. The first-order chi connectivity index (χ1) is 7.76. The lowest BCUT2D eigenvalue weighted by molar-refractivity contribution is -0.108. The van der Waals surface area contributed by atoms with Crippen molar-refractivity contribution in [3.8, 4) is 0 Å². The van der Waals surface area contributed by atoms with Crippen molar-refractivity contribution in [1.29, 1.82) is 0 Å². The molecule has 0 saturated carbocycles. The zero-order valence-electron chi connectivity index (χ0n) is 8.54. The molecule has 0 aliphatic heterocycles. The Balaban J connectivity index is 2.50. The van der Waals surface area contributed by atoms with Crippen molar-refractivity contribution in [2.75, 3.05) is 6.67 Å². The molecule has 2 nitrogen and oxygen atoms in total. The molecule has 1 aromatic carbocycles. The predicted octanol–water partition coefficient (Wildman–Crippen LogP) is 2.95. The zero-order chi connectivity index (χ0) is 11.5. The molecular formula is C12H11F2NO. The van der Waals surface area contributed by atoms with Crippen LogP contribution in [0.1, 0.15) is 17.9 Å². The number of fused-ring (bicyclic) bond motifs is 1. The second-order valence-corrected chi connectivity index (χ2v) is 3.69. The molecule has 0 radical (unpaired) electrons. The van der Waals surface area contributed by atoms with E-state index < -0.39 is 12.6 Å². The number of carbonyl (C=O) groups is 1. The number of halogens is 2. The second-order valence-electron chi connectivity index (χ2n) is 3.69. The van der Waals surface area contributed by atoms with Crippen LogP contribution in [0.25, 0.3) is 10.9 Å². The fourth-order valence-corrected chi connectivity index (χ4v) is 1.84. The number of alkyl halides is 1. The summed E-state index contributed by atoms with van der Waals surface area (Å²) < 4.78 is 25.8. The molecule has 2 aromatic rings. The largest absolute Gasteiger partial charge is 0.361 e. The standard InChI is InChI=1S/C12H11F2NO/c13-6-8(3-4-16)11-7-15-12-2-1-9(14)5-10(11)12/h1-2,4-5,7-8,15H,3,6H2. The third kappa shape index (κ3) is 1.83. The summed E-state index contributed by atoms with van der Waals surface area (Å²) >= 11 is 0. The second kappa shape index (κ2) is 4.43. The summed E-state index contributed by atoms with van der Waals surface area (Å²) in [4.78, 5) is 13.4. The van der Waals surface area contributed by atoms with E-state index in [9.17, 15) is 13.6 Å². The van der Waals surface area contributed by atoms with Gasteiger partial charge >= 0.3 is 0 Å². The smallest absolute Gasteiger partial charge is 0.123 e. The van der Waals surface area contributed by atoms with E-state index in [2.05, 4.69) is 4.98 Å². The van der Waals surface area contributed by atoms with Gasteiger partial charge in [0.2, 0.25) is 0 Å². The molecule has 0 spiro atoms. The highest BCUT2D eigenvalue weighted by Gasteiger charge is 2.15. The Bertz CT molecular complexity index is 507. The van der Waals surface area contributed by atoms with E-state index in [-0.39, 0.29) is 12.2 Å². The van der Waals surface area contributed by atoms with Crippen molar-refractivity contribution in [3.05, 3.63) is 35.8 Å². The normalized spacial score (nSPS) is 12.9. The summed E-state index contributed by atoms with van der Waals surface area (Å²) in [6.07, 6.45) is 2.43. The molecule has 0 aliphatic carbocycles. The van der Waals surface area contributed by atoms with E-state index in [0.29, 0.717) is 17.2 Å². The number of rotatable bonds is 4. The van der Waals surface area contributed by atoms with Gasteiger partial charge in [0.15, 0.2) is 0 Å². The summed E-state index contributed by atoms with van der Waals surface area (Å²) in [6, 6.07) is 4.30. The maximum atomic E-state index is 13.1. The maximum Gasteiger partial charge on any atom is 0.123 e. The number of hydrogen-bond acceptors (Lipinski definition) is 1. The highest BCUT2D eigenvalue weighted by Crippen LogP contribution is 2.28. The SMILES string of the molecule is O=CCC(CF)c1c[nH]c2ccc(F)cc12. The van der Waals surface area contributed by atoms with Crippen molar-refractivity contribution in [2.24, 2.45) is 0 Å². The van der Waals surface area contributed by atoms with Crippen LogP contribution in [0.15, 0.2) is 24.4 Å². The van der Waals surface area contributed by atoms with Gasteiger partial charge in [-0.05, 0) is 23.8 Å². The van der Waals surface area contributed by atoms with Crippen LogP contribution in [-0.2, 0) is 4.79 Å². The van der Waals surface area contributed by atoms with Gasteiger partial charge in [-0.15, -0.1) is 0 Å². The molecule has 0 amide bonds. The van der Waals surface area contributed by atoms with Gasteiger partial charge in [-0.2, -0.15) is 0 Å². The van der Waals surface area contributed by atoms with Crippen LogP contribution in [0.2, 0.25) is 0 Å². The van der Waals surface area contributed by atoms with Crippen molar-refractivity contribution in [1.82, 2.24) is 4.98 Å². The molecule has 0 bridgehead atoms. The topological polar surface area (TPSA) is 32.9 Å². The molecule has 4 heteroatoms.